The van der Waals surface area contributed by atoms with Gasteiger partial charge in [-0.15, -0.1) is 0 Å². The SMILES string of the molecule is CNCCOc1cc(Cl)c(C)cc1NC(=O)NNc1ccc(C)c(Oc2ccnc(C(=O)NC)c2)c1. The van der Waals surface area contributed by atoms with Crippen LogP contribution in [0.1, 0.15) is 21.6 Å². The molecule has 10 nitrogen and oxygen atoms in total. The summed E-state index contributed by atoms with van der Waals surface area (Å²) >= 11 is 6.22. The molecule has 2 aromatic carbocycles. The Morgan fingerprint density at radius 1 is 1.00 bits per heavy atom. The molecule has 0 radical (unpaired) electrons. The number of likely N-dealkylation sites (N-methyl/N-ethyl adjacent to an activating group) is 1. The number of hydrazine groups is 1. The van der Waals surface area contributed by atoms with Gasteiger partial charge < -0.3 is 25.4 Å². The highest BCUT2D eigenvalue weighted by molar-refractivity contribution is 6.31. The van der Waals surface area contributed by atoms with Crippen molar-refractivity contribution in [1.82, 2.24) is 21.0 Å². The van der Waals surface area contributed by atoms with E-state index < -0.39 is 6.03 Å². The maximum atomic E-state index is 12.6. The highest BCUT2D eigenvalue weighted by Crippen LogP contribution is 2.31. The molecule has 0 saturated heterocycles. The van der Waals surface area contributed by atoms with Crippen molar-refractivity contribution in [2.24, 2.45) is 0 Å². The van der Waals surface area contributed by atoms with E-state index in [1.54, 1.807) is 36.4 Å². The normalized spacial score (nSPS) is 10.4. The number of nitrogens with one attached hydrogen (secondary N) is 5. The minimum atomic E-state index is -0.498. The van der Waals surface area contributed by atoms with Gasteiger partial charge in [-0.05, 0) is 50.2 Å². The first-order chi connectivity index (χ1) is 17.3. The van der Waals surface area contributed by atoms with Crippen LogP contribution in [0.15, 0.2) is 48.7 Å². The van der Waals surface area contributed by atoms with Gasteiger partial charge in [-0.3, -0.25) is 20.6 Å². The zero-order chi connectivity index (χ0) is 26.1. The van der Waals surface area contributed by atoms with E-state index in [1.165, 1.54) is 13.2 Å². The zero-order valence-electron chi connectivity index (χ0n) is 20.5. The van der Waals surface area contributed by atoms with Crippen LogP contribution >= 0.6 is 11.6 Å². The van der Waals surface area contributed by atoms with Crippen LogP contribution in [0.3, 0.4) is 0 Å². The fraction of sp³-hybridized carbons (Fsp3) is 0.240. The minimum absolute atomic E-state index is 0.243. The quantitative estimate of drug-likeness (QED) is 0.203. The second-order valence-electron chi connectivity index (χ2n) is 7.79. The lowest BCUT2D eigenvalue weighted by molar-refractivity contribution is 0.0958. The third-order valence-corrected chi connectivity index (χ3v) is 5.45. The van der Waals surface area contributed by atoms with E-state index in [0.29, 0.717) is 46.8 Å². The Bertz CT molecular complexity index is 1240. The van der Waals surface area contributed by atoms with Gasteiger partial charge in [0.2, 0.25) is 0 Å². The third kappa shape index (κ3) is 7.24. The molecule has 0 saturated carbocycles. The predicted octanol–water partition coefficient (Wildman–Crippen LogP) is 4.25. The van der Waals surface area contributed by atoms with Crippen molar-refractivity contribution < 1.29 is 19.1 Å². The fourth-order valence-electron chi connectivity index (χ4n) is 3.07. The monoisotopic (exact) mass is 512 g/mol. The lowest BCUT2D eigenvalue weighted by Crippen LogP contribution is -2.33. The van der Waals surface area contributed by atoms with Gasteiger partial charge in [-0.1, -0.05) is 17.7 Å². The topological polar surface area (TPSA) is 126 Å². The van der Waals surface area contributed by atoms with Gasteiger partial charge in [-0.25, -0.2) is 4.79 Å². The number of rotatable bonds is 10. The maximum Gasteiger partial charge on any atom is 0.337 e. The molecule has 0 bridgehead atoms. The van der Waals surface area contributed by atoms with Gasteiger partial charge in [0.1, 0.15) is 29.5 Å². The van der Waals surface area contributed by atoms with E-state index in [4.69, 9.17) is 21.1 Å². The number of carbonyl (C=O) groups excluding carboxylic acids is 2. The molecule has 36 heavy (non-hydrogen) atoms. The number of hydrogen-bond acceptors (Lipinski definition) is 7. The summed E-state index contributed by atoms with van der Waals surface area (Å²) in [5.41, 5.74) is 8.45. The van der Waals surface area contributed by atoms with Crippen LogP contribution < -0.4 is 36.3 Å². The molecule has 0 fully saturated rings. The summed E-state index contributed by atoms with van der Waals surface area (Å²) in [6, 6.07) is 11.5. The first-order valence-corrected chi connectivity index (χ1v) is 11.6. The van der Waals surface area contributed by atoms with E-state index in [0.717, 1.165) is 11.1 Å². The Hall–Kier alpha value is -4.02. The summed E-state index contributed by atoms with van der Waals surface area (Å²) in [5.74, 6) is 1.16. The second kappa shape index (κ2) is 12.6. The number of nitrogens with zero attached hydrogens (tertiary/aromatic N) is 1. The van der Waals surface area contributed by atoms with E-state index in [-0.39, 0.29) is 11.6 Å². The average Bonchev–Trinajstić information content (AvgIpc) is 2.87. The number of hydrogen-bond donors (Lipinski definition) is 5. The number of benzene rings is 2. The summed E-state index contributed by atoms with van der Waals surface area (Å²) in [6.45, 7) is 4.79. The van der Waals surface area contributed by atoms with Crippen molar-refractivity contribution in [2.45, 2.75) is 13.8 Å². The Balaban J connectivity index is 1.66. The largest absolute Gasteiger partial charge is 0.490 e. The Kier molecular flexibility index (Phi) is 9.32. The number of aromatic nitrogens is 1. The van der Waals surface area contributed by atoms with E-state index >= 15 is 0 Å². The molecule has 5 N–H and O–H groups in total. The molecule has 0 aliphatic rings. The molecule has 3 amide bonds. The molecular weight excluding hydrogens is 484 g/mol. The van der Waals surface area contributed by atoms with Crippen molar-refractivity contribution in [3.8, 4) is 17.2 Å². The Morgan fingerprint density at radius 3 is 2.56 bits per heavy atom. The van der Waals surface area contributed by atoms with Crippen LogP contribution in [-0.4, -0.2) is 44.2 Å². The summed E-state index contributed by atoms with van der Waals surface area (Å²) in [5, 5.41) is 8.84. The summed E-state index contributed by atoms with van der Waals surface area (Å²) < 4.78 is 11.7. The second-order valence-corrected chi connectivity index (χ2v) is 8.20. The molecule has 0 unspecified atom stereocenters. The van der Waals surface area contributed by atoms with Crippen LogP contribution in [0.2, 0.25) is 5.02 Å². The number of ether oxygens (including phenoxy) is 2. The Morgan fingerprint density at radius 2 is 1.81 bits per heavy atom. The van der Waals surface area contributed by atoms with E-state index in [1.807, 2.05) is 27.0 Å². The molecule has 11 heteroatoms. The molecule has 0 atom stereocenters. The highest BCUT2D eigenvalue weighted by Gasteiger charge is 2.12. The first kappa shape index (κ1) is 26.6. The van der Waals surface area contributed by atoms with Crippen LogP contribution in [0.25, 0.3) is 0 Å². The summed E-state index contributed by atoms with van der Waals surface area (Å²) in [4.78, 5) is 28.4. The standard InChI is InChI=1S/C25H29ClN6O4/c1-15-5-6-17(12-22(15)36-18-7-8-29-21(13-18)24(33)28-4)31-32-25(34)30-20-11-16(2)19(26)14-23(20)35-10-9-27-3/h5-8,11-14,27,31H,9-10H2,1-4H3,(H,28,33)(H2,30,32,34). The predicted molar refractivity (Wildman–Crippen MR) is 140 cm³/mol. The van der Waals surface area contributed by atoms with Crippen LogP contribution in [0, 0.1) is 13.8 Å². The molecule has 0 spiro atoms. The lowest BCUT2D eigenvalue weighted by Gasteiger charge is -2.16. The van der Waals surface area contributed by atoms with Gasteiger partial charge in [0.05, 0.1) is 11.4 Å². The summed E-state index contributed by atoms with van der Waals surface area (Å²) in [6.07, 6.45) is 1.50. The third-order valence-electron chi connectivity index (χ3n) is 5.05. The minimum Gasteiger partial charge on any atom is -0.490 e. The lowest BCUT2D eigenvalue weighted by atomic mass is 10.2. The summed E-state index contributed by atoms with van der Waals surface area (Å²) in [7, 11) is 3.36. The van der Waals surface area contributed by atoms with Gasteiger partial charge in [0, 0.05) is 43.0 Å². The van der Waals surface area contributed by atoms with Crippen molar-refractivity contribution in [3.63, 3.8) is 0 Å². The molecule has 0 aliphatic heterocycles. The molecule has 1 aromatic heterocycles. The number of pyridine rings is 1. The first-order valence-electron chi connectivity index (χ1n) is 11.2. The van der Waals surface area contributed by atoms with Crippen molar-refractivity contribution >= 4 is 34.9 Å². The van der Waals surface area contributed by atoms with Crippen molar-refractivity contribution in [2.75, 3.05) is 38.0 Å². The van der Waals surface area contributed by atoms with Gasteiger partial charge >= 0.3 is 6.03 Å². The number of carbonyl (C=O) groups is 2. The molecule has 3 aromatic rings. The van der Waals surface area contributed by atoms with Crippen LogP contribution in [-0.2, 0) is 0 Å². The number of aryl methyl sites for hydroxylation is 2. The van der Waals surface area contributed by atoms with Gasteiger partial charge in [0.25, 0.3) is 5.91 Å². The number of urea groups is 1. The van der Waals surface area contributed by atoms with Crippen LogP contribution in [0.5, 0.6) is 17.2 Å². The van der Waals surface area contributed by atoms with Gasteiger partial charge in [-0.2, -0.15) is 0 Å². The molecule has 1 heterocycles. The molecule has 0 aliphatic carbocycles. The van der Waals surface area contributed by atoms with Crippen molar-refractivity contribution in [1.29, 1.82) is 0 Å². The smallest absolute Gasteiger partial charge is 0.337 e. The van der Waals surface area contributed by atoms with Crippen LogP contribution in [0.4, 0.5) is 16.2 Å². The number of halogens is 1. The average molecular weight is 513 g/mol. The molecular formula is C25H29ClN6O4. The fourth-order valence-corrected chi connectivity index (χ4v) is 3.22. The molecule has 3 rings (SSSR count). The zero-order valence-corrected chi connectivity index (χ0v) is 21.2. The number of amides is 3. The Labute approximate surface area is 214 Å². The van der Waals surface area contributed by atoms with E-state index in [2.05, 4.69) is 31.8 Å². The maximum absolute atomic E-state index is 12.6. The van der Waals surface area contributed by atoms with Crippen molar-refractivity contribution in [3.05, 3.63) is 70.5 Å². The molecule has 190 valence electrons. The van der Waals surface area contributed by atoms with E-state index in [9.17, 15) is 9.59 Å². The highest BCUT2D eigenvalue weighted by atomic mass is 35.5. The number of anilines is 2. The van der Waals surface area contributed by atoms with Gasteiger partial charge in [0.15, 0.2) is 0 Å².